The molecule has 1 aliphatic carbocycles. The topological polar surface area (TPSA) is 58.6 Å². The van der Waals surface area contributed by atoms with E-state index in [4.69, 9.17) is 11.6 Å². The minimum Gasteiger partial charge on any atom is -0.356 e. The first-order valence-electron chi connectivity index (χ1n) is 7.33. The van der Waals surface area contributed by atoms with Gasteiger partial charge in [0, 0.05) is 16.7 Å². The van der Waals surface area contributed by atoms with E-state index in [1.165, 1.54) is 6.92 Å². The highest BCUT2D eigenvalue weighted by atomic mass is 35.5. The second-order valence-electron chi connectivity index (χ2n) is 6.13. The van der Waals surface area contributed by atoms with Gasteiger partial charge in [0.2, 0.25) is 5.28 Å². The van der Waals surface area contributed by atoms with E-state index in [-0.39, 0.29) is 22.2 Å². The molecule has 0 amide bonds. The number of halogens is 2. The van der Waals surface area contributed by atoms with Crippen LogP contribution in [0.3, 0.4) is 0 Å². The lowest BCUT2D eigenvalue weighted by Crippen LogP contribution is -2.20. The molecule has 4 nitrogen and oxygen atoms in total. The maximum absolute atomic E-state index is 14.0. The third-order valence-electron chi connectivity index (χ3n) is 4.48. The molecular weight excluding hydrogens is 305 g/mol. The molecule has 0 atom stereocenters. The first-order chi connectivity index (χ1) is 10.4. The molecule has 2 heterocycles. The number of Topliss-reactive ketones (excluding diaryl/α,β-unsaturated/α-hetero) is 1. The molecule has 1 N–H and O–H groups in total. The van der Waals surface area contributed by atoms with Crippen LogP contribution in [0.25, 0.3) is 11.4 Å². The third-order valence-corrected chi connectivity index (χ3v) is 4.66. The summed E-state index contributed by atoms with van der Waals surface area (Å²) in [7, 11) is 0. The predicted molar refractivity (Wildman–Crippen MR) is 82.6 cm³/mol. The minimum absolute atomic E-state index is 0.0241. The molecule has 0 spiro atoms. The highest BCUT2D eigenvalue weighted by Crippen LogP contribution is 2.42. The smallest absolute Gasteiger partial charge is 0.223 e. The second kappa shape index (κ2) is 5.47. The van der Waals surface area contributed by atoms with Crippen LogP contribution in [-0.4, -0.2) is 20.7 Å². The Labute approximate surface area is 133 Å². The SMILES string of the molecule is CC(=O)c1cc(-c2nc(Cl)ncc2F)[nH]c1C1(C)CCCC1. The van der Waals surface area contributed by atoms with Crippen molar-refractivity contribution in [3.8, 4) is 11.4 Å². The van der Waals surface area contributed by atoms with Gasteiger partial charge in [0.25, 0.3) is 0 Å². The Morgan fingerprint density at radius 3 is 2.73 bits per heavy atom. The fourth-order valence-corrected chi connectivity index (χ4v) is 3.41. The van der Waals surface area contributed by atoms with E-state index in [0.29, 0.717) is 11.3 Å². The third kappa shape index (κ3) is 2.54. The first-order valence-corrected chi connectivity index (χ1v) is 7.71. The quantitative estimate of drug-likeness (QED) is 0.677. The van der Waals surface area contributed by atoms with Crippen LogP contribution < -0.4 is 0 Å². The molecule has 0 saturated heterocycles. The molecule has 0 aliphatic heterocycles. The molecular formula is C16H17ClFN3O. The molecule has 0 bridgehead atoms. The Morgan fingerprint density at radius 1 is 1.41 bits per heavy atom. The monoisotopic (exact) mass is 321 g/mol. The van der Waals surface area contributed by atoms with Crippen molar-refractivity contribution in [2.75, 3.05) is 0 Å². The lowest BCUT2D eigenvalue weighted by Gasteiger charge is -2.23. The van der Waals surface area contributed by atoms with Crippen molar-refractivity contribution in [2.45, 2.75) is 44.9 Å². The van der Waals surface area contributed by atoms with Crippen LogP contribution in [0.15, 0.2) is 12.3 Å². The van der Waals surface area contributed by atoms with Gasteiger partial charge in [0.1, 0.15) is 5.69 Å². The van der Waals surface area contributed by atoms with Crippen molar-refractivity contribution in [1.29, 1.82) is 0 Å². The Hall–Kier alpha value is -1.75. The second-order valence-corrected chi connectivity index (χ2v) is 6.47. The van der Waals surface area contributed by atoms with E-state index in [1.807, 2.05) is 0 Å². The zero-order valence-electron chi connectivity index (χ0n) is 12.5. The van der Waals surface area contributed by atoms with Gasteiger partial charge in [-0.3, -0.25) is 4.79 Å². The van der Waals surface area contributed by atoms with E-state index in [2.05, 4.69) is 21.9 Å². The standard InChI is InChI=1S/C16H17ClFN3O/c1-9(22)10-7-12(13-11(18)8-19-15(17)21-13)20-14(10)16(2)5-3-4-6-16/h7-8,20H,3-6H2,1-2H3. The van der Waals surface area contributed by atoms with Crippen molar-refractivity contribution < 1.29 is 9.18 Å². The van der Waals surface area contributed by atoms with Gasteiger partial charge in [-0.15, -0.1) is 0 Å². The van der Waals surface area contributed by atoms with E-state index in [0.717, 1.165) is 37.6 Å². The van der Waals surface area contributed by atoms with Gasteiger partial charge in [-0.05, 0) is 37.4 Å². The van der Waals surface area contributed by atoms with Crippen LogP contribution in [0.5, 0.6) is 0 Å². The van der Waals surface area contributed by atoms with Gasteiger partial charge in [-0.25, -0.2) is 14.4 Å². The molecule has 1 aliphatic rings. The molecule has 2 aromatic rings. The van der Waals surface area contributed by atoms with Gasteiger partial charge in [-0.2, -0.15) is 0 Å². The predicted octanol–water partition coefficient (Wildman–Crippen LogP) is 4.30. The van der Waals surface area contributed by atoms with E-state index < -0.39 is 5.82 Å². The number of aromatic nitrogens is 3. The summed E-state index contributed by atoms with van der Waals surface area (Å²) in [4.78, 5) is 22.8. The first kappa shape index (κ1) is 15.2. The Kier molecular flexibility index (Phi) is 3.77. The maximum Gasteiger partial charge on any atom is 0.223 e. The maximum atomic E-state index is 14.0. The summed E-state index contributed by atoms with van der Waals surface area (Å²) < 4.78 is 14.0. The number of ketones is 1. The number of carbonyl (C=O) groups excluding carboxylic acids is 1. The lowest BCUT2D eigenvalue weighted by atomic mass is 9.82. The Morgan fingerprint density at radius 2 is 2.09 bits per heavy atom. The van der Waals surface area contributed by atoms with Crippen LogP contribution >= 0.6 is 11.6 Å². The number of nitrogens with zero attached hydrogens (tertiary/aromatic N) is 2. The minimum atomic E-state index is -0.566. The zero-order chi connectivity index (χ0) is 15.9. The Bertz CT molecular complexity index is 735. The van der Waals surface area contributed by atoms with Crippen LogP contribution in [0.2, 0.25) is 5.28 Å². The van der Waals surface area contributed by atoms with Gasteiger partial charge >= 0.3 is 0 Å². The molecule has 1 fully saturated rings. The molecule has 22 heavy (non-hydrogen) atoms. The molecule has 3 rings (SSSR count). The fraction of sp³-hybridized carbons (Fsp3) is 0.438. The van der Waals surface area contributed by atoms with Crippen LogP contribution in [0, 0.1) is 5.82 Å². The summed E-state index contributed by atoms with van der Waals surface area (Å²) in [5.74, 6) is -0.602. The van der Waals surface area contributed by atoms with Gasteiger partial charge in [0.15, 0.2) is 11.6 Å². The average molecular weight is 322 g/mol. The molecule has 6 heteroatoms. The molecule has 0 unspecified atom stereocenters. The van der Waals surface area contributed by atoms with Crippen molar-refractivity contribution >= 4 is 17.4 Å². The fourth-order valence-electron chi connectivity index (χ4n) is 3.28. The van der Waals surface area contributed by atoms with Crippen LogP contribution in [0.4, 0.5) is 4.39 Å². The Balaban J connectivity index is 2.15. The summed E-state index contributed by atoms with van der Waals surface area (Å²) in [5.41, 5.74) is 1.97. The molecule has 116 valence electrons. The number of hydrogen-bond donors (Lipinski definition) is 1. The van der Waals surface area contributed by atoms with Crippen LogP contribution in [0.1, 0.15) is 55.6 Å². The lowest BCUT2D eigenvalue weighted by molar-refractivity contribution is 0.101. The van der Waals surface area contributed by atoms with Crippen molar-refractivity contribution in [2.24, 2.45) is 0 Å². The number of nitrogens with one attached hydrogen (secondary N) is 1. The van der Waals surface area contributed by atoms with E-state index in [9.17, 15) is 9.18 Å². The number of rotatable bonds is 3. The van der Waals surface area contributed by atoms with E-state index >= 15 is 0 Å². The zero-order valence-corrected chi connectivity index (χ0v) is 13.3. The van der Waals surface area contributed by atoms with Gasteiger partial charge in [0.05, 0.1) is 11.9 Å². The van der Waals surface area contributed by atoms with Gasteiger partial charge in [-0.1, -0.05) is 19.8 Å². The summed E-state index contributed by atoms with van der Waals surface area (Å²) in [6.45, 7) is 3.67. The highest BCUT2D eigenvalue weighted by Gasteiger charge is 2.35. The summed E-state index contributed by atoms with van der Waals surface area (Å²) in [5, 5.41) is -0.0241. The van der Waals surface area contributed by atoms with Crippen molar-refractivity contribution in [3.63, 3.8) is 0 Å². The summed E-state index contributed by atoms with van der Waals surface area (Å²) >= 11 is 5.76. The molecule has 0 aromatic carbocycles. The summed E-state index contributed by atoms with van der Waals surface area (Å²) in [6, 6.07) is 1.67. The normalized spacial score (nSPS) is 16.9. The number of hydrogen-bond acceptors (Lipinski definition) is 3. The van der Waals surface area contributed by atoms with Gasteiger partial charge < -0.3 is 4.98 Å². The molecule has 1 saturated carbocycles. The van der Waals surface area contributed by atoms with Crippen molar-refractivity contribution in [3.05, 3.63) is 34.6 Å². The highest BCUT2D eigenvalue weighted by molar-refractivity contribution is 6.28. The largest absolute Gasteiger partial charge is 0.356 e. The average Bonchev–Trinajstić information content (AvgIpc) is 3.09. The van der Waals surface area contributed by atoms with Crippen LogP contribution in [-0.2, 0) is 5.41 Å². The molecule has 0 radical (unpaired) electrons. The number of H-pyrrole nitrogens is 1. The number of aromatic amines is 1. The molecule has 2 aromatic heterocycles. The van der Waals surface area contributed by atoms with Crippen molar-refractivity contribution in [1.82, 2.24) is 15.0 Å². The van der Waals surface area contributed by atoms with E-state index in [1.54, 1.807) is 6.07 Å². The summed E-state index contributed by atoms with van der Waals surface area (Å²) in [6.07, 6.45) is 5.34. The number of carbonyl (C=O) groups is 1.